The number of aryl methyl sites for hydroxylation is 2. The lowest BCUT2D eigenvalue weighted by molar-refractivity contribution is 0.0997. The molecule has 174 valence electrons. The quantitative estimate of drug-likeness (QED) is 0.271. The van der Waals surface area contributed by atoms with E-state index in [2.05, 4.69) is 41.2 Å². The van der Waals surface area contributed by atoms with Crippen LogP contribution in [0, 0.1) is 6.92 Å². The first-order valence-electron chi connectivity index (χ1n) is 11.5. The van der Waals surface area contributed by atoms with E-state index in [-0.39, 0.29) is 11.9 Å². The second kappa shape index (κ2) is 10.1. The van der Waals surface area contributed by atoms with Gasteiger partial charge in [0.2, 0.25) is 0 Å². The van der Waals surface area contributed by atoms with E-state index in [4.69, 9.17) is 9.40 Å². The molecule has 3 aromatic heterocycles. The molecule has 0 bridgehead atoms. The van der Waals surface area contributed by atoms with E-state index < -0.39 is 0 Å². The number of amides is 1. The molecule has 0 radical (unpaired) electrons. The third kappa shape index (κ3) is 4.76. The fraction of sp³-hybridized carbons (Fsp3) is 0.259. The molecule has 1 atom stereocenters. The van der Waals surface area contributed by atoms with Gasteiger partial charge in [-0.25, -0.2) is 4.98 Å². The van der Waals surface area contributed by atoms with Gasteiger partial charge < -0.3 is 15.1 Å². The minimum atomic E-state index is -0.227. The van der Waals surface area contributed by atoms with Gasteiger partial charge in [-0.15, -0.1) is 23.1 Å². The highest BCUT2D eigenvalue weighted by molar-refractivity contribution is 7.98. The standard InChI is InChI=1S/C27H27N3O2S2/c1-17-7-5-11-23(28-17)29-25(18-12-14-19(33-2)15-13-18)24-20-8-3-4-10-22(20)34-27(24)30-26(31)21-9-6-16-32-21/h5-7,9,11-16,25H,3-4,8,10H2,1-2H3,(H,28,29)(H,30,31)/t25-/m1/s1. The predicted octanol–water partition coefficient (Wildman–Crippen LogP) is 7.10. The monoisotopic (exact) mass is 489 g/mol. The van der Waals surface area contributed by atoms with Crippen LogP contribution in [0.3, 0.4) is 0 Å². The van der Waals surface area contributed by atoms with Crippen LogP contribution < -0.4 is 10.6 Å². The van der Waals surface area contributed by atoms with Crippen molar-refractivity contribution in [3.8, 4) is 0 Å². The number of carbonyl (C=O) groups is 1. The molecule has 3 heterocycles. The molecule has 0 fully saturated rings. The van der Waals surface area contributed by atoms with E-state index in [1.54, 1.807) is 35.2 Å². The smallest absolute Gasteiger partial charge is 0.291 e. The zero-order valence-electron chi connectivity index (χ0n) is 19.3. The molecular weight excluding hydrogens is 462 g/mol. The number of hydrogen-bond donors (Lipinski definition) is 2. The van der Waals surface area contributed by atoms with E-state index in [1.165, 1.54) is 28.0 Å². The molecule has 2 N–H and O–H groups in total. The maximum Gasteiger partial charge on any atom is 0.291 e. The Hall–Kier alpha value is -3.03. The molecule has 0 aliphatic heterocycles. The summed E-state index contributed by atoms with van der Waals surface area (Å²) in [5.41, 5.74) is 4.59. The Balaban J connectivity index is 1.61. The molecule has 0 unspecified atom stereocenters. The lowest BCUT2D eigenvalue weighted by Gasteiger charge is -2.24. The first kappa shape index (κ1) is 22.7. The normalized spacial score (nSPS) is 13.8. The van der Waals surface area contributed by atoms with Gasteiger partial charge in [-0.3, -0.25) is 4.79 Å². The van der Waals surface area contributed by atoms with Crippen LogP contribution in [0.4, 0.5) is 10.8 Å². The van der Waals surface area contributed by atoms with Crippen molar-refractivity contribution < 1.29 is 9.21 Å². The average Bonchev–Trinajstić information content (AvgIpc) is 3.51. The van der Waals surface area contributed by atoms with Crippen molar-refractivity contribution in [2.75, 3.05) is 16.9 Å². The molecule has 7 heteroatoms. The molecule has 1 amide bonds. The molecule has 4 aromatic rings. The number of fused-ring (bicyclic) bond motifs is 1. The summed E-state index contributed by atoms with van der Waals surface area (Å²) in [6, 6.07) is 17.9. The number of aromatic nitrogens is 1. The van der Waals surface area contributed by atoms with Crippen molar-refractivity contribution in [2.24, 2.45) is 0 Å². The van der Waals surface area contributed by atoms with Crippen LogP contribution in [0.15, 0.2) is 70.2 Å². The van der Waals surface area contributed by atoms with Crippen molar-refractivity contribution in [2.45, 2.75) is 43.5 Å². The van der Waals surface area contributed by atoms with Gasteiger partial charge in [0.15, 0.2) is 5.76 Å². The molecule has 0 spiro atoms. The van der Waals surface area contributed by atoms with Crippen LogP contribution in [0.25, 0.3) is 0 Å². The van der Waals surface area contributed by atoms with Crippen LogP contribution in [0.1, 0.15) is 56.7 Å². The van der Waals surface area contributed by atoms with Crippen LogP contribution >= 0.6 is 23.1 Å². The van der Waals surface area contributed by atoms with E-state index in [0.29, 0.717) is 5.76 Å². The van der Waals surface area contributed by atoms with Crippen LogP contribution in [0.2, 0.25) is 0 Å². The first-order chi connectivity index (χ1) is 16.6. The molecule has 1 aliphatic rings. The summed E-state index contributed by atoms with van der Waals surface area (Å²) in [4.78, 5) is 20.2. The zero-order valence-corrected chi connectivity index (χ0v) is 20.9. The third-order valence-corrected chi connectivity index (χ3v) is 8.07. The highest BCUT2D eigenvalue weighted by atomic mass is 32.2. The molecular formula is C27H27N3O2S2. The number of benzene rings is 1. The van der Waals surface area contributed by atoms with E-state index >= 15 is 0 Å². The topological polar surface area (TPSA) is 67.2 Å². The Labute approximate surface area is 208 Å². The number of nitrogens with zero attached hydrogens (tertiary/aromatic N) is 1. The largest absolute Gasteiger partial charge is 0.459 e. The Bertz CT molecular complexity index is 1280. The number of thioether (sulfide) groups is 1. The summed E-state index contributed by atoms with van der Waals surface area (Å²) >= 11 is 3.42. The van der Waals surface area contributed by atoms with E-state index in [0.717, 1.165) is 46.9 Å². The first-order valence-corrected chi connectivity index (χ1v) is 13.5. The van der Waals surface area contributed by atoms with Crippen LogP contribution in [-0.4, -0.2) is 17.1 Å². The summed E-state index contributed by atoms with van der Waals surface area (Å²) in [6.07, 6.45) is 8.00. The molecule has 5 nitrogen and oxygen atoms in total. The Morgan fingerprint density at radius 3 is 2.65 bits per heavy atom. The van der Waals surface area contributed by atoms with Crippen molar-refractivity contribution in [1.29, 1.82) is 0 Å². The fourth-order valence-electron chi connectivity index (χ4n) is 4.45. The van der Waals surface area contributed by atoms with Gasteiger partial charge in [-0.1, -0.05) is 18.2 Å². The van der Waals surface area contributed by atoms with E-state index in [9.17, 15) is 4.79 Å². The van der Waals surface area contributed by atoms with Crippen LogP contribution in [-0.2, 0) is 12.8 Å². The zero-order chi connectivity index (χ0) is 23.5. The van der Waals surface area contributed by atoms with Gasteiger partial charge in [0.25, 0.3) is 5.91 Å². The van der Waals surface area contributed by atoms with Gasteiger partial charge in [0.05, 0.1) is 12.3 Å². The lowest BCUT2D eigenvalue weighted by atomic mass is 9.89. The second-order valence-electron chi connectivity index (χ2n) is 8.40. The SMILES string of the molecule is CSc1ccc([C@@H](Nc2cccc(C)n2)c2c(NC(=O)c3ccco3)sc3c2CCCC3)cc1. The van der Waals surface area contributed by atoms with Crippen molar-refractivity contribution >= 4 is 39.8 Å². The Kier molecular flexibility index (Phi) is 6.74. The van der Waals surface area contributed by atoms with Crippen molar-refractivity contribution in [3.05, 3.63) is 93.9 Å². The van der Waals surface area contributed by atoms with Crippen molar-refractivity contribution in [1.82, 2.24) is 4.98 Å². The number of furan rings is 1. The fourth-order valence-corrected chi connectivity index (χ4v) is 6.18. The van der Waals surface area contributed by atoms with Gasteiger partial charge in [-0.2, -0.15) is 0 Å². The van der Waals surface area contributed by atoms with Crippen molar-refractivity contribution in [3.63, 3.8) is 0 Å². The maximum atomic E-state index is 13.0. The number of anilines is 2. The minimum absolute atomic E-state index is 0.143. The summed E-state index contributed by atoms with van der Waals surface area (Å²) in [5, 5.41) is 7.73. The maximum absolute atomic E-state index is 13.0. The molecule has 5 rings (SSSR count). The molecule has 1 aliphatic carbocycles. The number of nitrogens with one attached hydrogen (secondary N) is 2. The highest BCUT2D eigenvalue weighted by Crippen LogP contribution is 2.44. The number of rotatable bonds is 7. The van der Waals surface area contributed by atoms with E-state index in [1.807, 2.05) is 25.1 Å². The Morgan fingerprint density at radius 1 is 1.09 bits per heavy atom. The summed E-state index contributed by atoms with van der Waals surface area (Å²) < 4.78 is 5.35. The average molecular weight is 490 g/mol. The lowest BCUT2D eigenvalue weighted by Crippen LogP contribution is -2.19. The molecule has 34 heavy (non-hydrogen) atoms. The highest BCUT2D eigenvalue weighted by Gasteiger charge is 2.29. The minimum Gasteiger partial charge on any atom is -0.459 e. The van der Waals surface area contributed by atoms with Gasteiger partial charge >= 0.3 is 0 Å². The number of carbonyl (C=O) groups excluding carboxylic acids is 1. The summed E-state index contributed by atoms with van der Waals surface area (Å²) in [6.45, 7) is 1.99. The third-order valence-electron chi connectivity index (χ3n) is 6.10. The van der Waals surface area contributed by atoms with Gasteiger partial charge in [0, 0.05) is 21.0 Å². The molecule has 1 aromatic carbocycles. The number of pyridine rings is 1. The van der Waals surface area contributed by atoms with Gasteiger partial charge in [0.1, 0.15) is 10.8 Å². The summed E-state index contributed by atoms with van der Waals surface area (Å²) in [5.74, 6) is 0.902. The number of hydrogen-bond acceptors (Lipinski definition) is 6. The van der Waals surface area contributed by atoms with Crippen LogP contribution in [0.5, 0.6) is 0 Å². The molecule has 0 saturated carbocycles. The number of thiophene rings is 1. The second-order valence-corrected chi connectivity index (χ2v) is 10.4. The predicted molar refractivity (Wildman–Crippen MR) is 140 cm³/mol. The molecule has 0 saturated heterocycles. The Morgan fingerprint density at radius 2 is 1.91 bits per heavy atom. The van der Waals surface area contributed by atoms with Gasteiger partial charge in [-0.05, 0) is 86.4 Å². The summed E-state index contributed by atoms with van der Waals surface area (Å²) in [7, 11) is 0.